The van der Waals surface area contributed by atoms with E-state index in [1.807, 2.05) is 4.90 Å². The van der Waals surface area contributed by atoms with Crippen molar-refractivity contribution in [2.75, 3.05) is 55.6 Å². The molecule has 14 heteroatoms. The van der Waals surface area contributed by atoms with Gasteiger partial charge >= 0.3 is 15.8 Å². The summed E-state index contributed by atoms with van der Waals surface area (Å²) in [6.45, 7) is 2.62. The lowest BCUT2D eigenvalue weighted by Gasteiger charge is -2.30. The van der Waals surface area contributed by atoms with Crippen LogP contribution in [-0.2, 0) is 21.4 Å². The summed E-state index contributed by atoms with van der Waals surface area (Å²) in [6.07, 6.45) is 3.01. The molecule has 1 aromatic carbocycles. The number of ether oxygens (including phenoxy) is 1. The van der Waals surface area contributed by atoms with Crippen molar-refractivity contribution in [3.05, 3.63) is 75.9 Å². The molecule has 3 N–H and O–H groups in total. The number of morpholine rings is 1. The van der Waals surface area contributed by atoms with Crippen LogP contribution >= 0.6 is 0 Å². The van der Waals surface area contributed by atoms with Crippen LogP contribution in [0.15, 0.2) is 53.2 Å². The number of nitrogens with one attached hydrogen (secondary N) is 2. The molecule has 0 amide bonds. The van der Waals surface area contributed by atoms with Crippen LogP contribution in [0.25, 0.3) is 5.65 Å². The van der Waals surface area contributed by atoms with Crippen LogP contribution in [0.1, 0.15) is 17.4 Å². The Morgan fingerprint density at radius 3 is 2.59 bits per heavy atom. The number of nitrogens with zero attached hydrogens (tertiary/aromatic N) is 5. The lowest BCUT2D eigenvalue weighted by molar-refractivity contribution is 0.122. The van der Waals surface area contributed by atoms with Crippen LogP contribution in [0.3, 0.4) is 0 Å². The Kier molecular flexibility index (Phi) is 6.32. The highest BCUT2D eigenvalue weighted by molar-refractivity contribution is 7.90. The van der Waals surface area contributed by atoms with E-state index in [2.05, 4.69) is 15.6 Å². The zero-order chi connectivity index (χ0) is 27.3. The molecule has 1 atom stereocenters. The Bertz CT molecular complexity index is 1620. The lowest BCUT2D eigenvalue weighted by atomic mass is 10.1. The molecule has 3 aliphatic heterocycles. The number of hydrogen-bond acceptors (Lipinski definition) is 9. The summed E-state index contributed by atoms with van der Waals surface area (Å²) < 4.78 is 48.7. The lowest BCUT2D eigenvalue weighted by Crippen LogP contribution is -2.37. The molecule has 0 aliphatic carbocycles. The van der Waals surface area contributed by atoms with Gasteiger partial charge in [0.15, 0.2) is 5.65 Å². The molecule has 3 aromatic rings. The van der Waals surface area contributed by atoms with Crippen LogP contribution < -0.4 is 25.4 Å². The monoisotopic (exact) mass is 557 g/mol. The van der Waals surface area contributed by atoms with Crippen molar-refractivity contribution in [2.45, 2.75) is 12.6 Å². The Morgan fingerprint density at radius 1 is 1.15 bits per heavy atom. The largest absolute Gasteiger partial charge is 0.502 e. The molecule has 0 radical (unpaired) electrons. The van der Waals surface area contributed by atoms with E-state index in [9.17, 15) is 22.7 Å². The number of aromatic hydroxyl groups is 1. The molecule has 0 saturated carbocycles. The Labute approximate surface area is 224 Å². The van der Waals surface area contributed by atoms with Crippen molar-refractivity contribution in [3.63, 3.8) is 0 Å². The Hall–Kier alpha value is -3.88. The summed E-state index contributed by atoms with van der Waals surface area (Å²) >= 11 is 0. The first-order chi connectivity index (χ1) is 18.7. The molecule has 0 bridgehead atoms. The standard InChI is InChI=1S/C25H28FN7O5S/c1-30-6-7-33(39(30,36)37)20-13-19(31-8-10-38-11-9-31)15-32-24(20)29-21(22(34)25(32)35)23-27-14-18(28-23)12-16-2-4-17(26)5-3-16/h2-5,13-15,23,27-28,34H,6-12H2,1H3. The number of halogens is 1. The third kappa shape index (κ3) is 4.53. The Morgan fingerprint density at radius 2 is 1.90 bits per heavy atom. The minimum absolute atomic E-state index is 0.0377. The van der Waals surface area contributed by atoms with Gasteiger partial charge in [-0.05, 0) is 23.8 Å². The molecular weight excluding hydrogens is 529 g/mol. The van der Waals surface area contributed by atoms with E-state index in [1.54, 1.807) is 30.6 Å². The number of pyridine rings is 1. The van der Waals surface area contributed by atoms with Gasteiger partial charge < -0.3 is 25.4 Å². The quantitative estimate of drug-likeness (QED) is 0.414. The number of likely N-dealkylation sites (N-methyl/N-ethyl adjacent to an activating group) is 1. The highest BCUT2D eigenvalue weighted by Crippen LogP contribution is 2.33. The number of fused-ring (bicyclic) bond motifs is 1. The van der Waals surface area contributed by atoms with E-state index in [0.717, 1.165) is 11.3 Å². The van der Waals surface area contributed by atoms with Gasteiger partial charge in [-0.15, -0.1) is 0 Å². The fourth-order valence-corrected chi connectivity index (χ4v) is 6.34. The summed E-state index contributed by atoms with van der Waals surface area (Å²) in [4.78, 5) is 20.1. The zero-order valence-electron chi connectivity index (χ0n) is 21.2. The number of rotatable bonds is 5. The first kappa shape index (κ1) is 25.4. The van der Waals surface area contributed by atoms with E-state index in [1.165, 1.54) is 32.2 Å². The van der Waals surface area contributed by atoms with Crippen molar-refractivity contribution >= 4 is 27.2 Å². The molecule has 2 aromatic heterocycles. The molecule has 2 saturated heterocycles. The van der Waals surface area contributed by atoms with Gasteiger partial charge in [-0.2, -0.15) is 12.7 Å². The summed E-state index contributed by atoms with van der Waals surface area (Å²) in [7, 11) is -2.32. The number of allylic oxidation sites excluding steroid dienone is 1. The fraction of sp³-hybridized carbons (Fsp3) is 0.360. The second kappa shape index (κ2) is 9.70. The van der Waals surface area contributed by atoms with Crippen LogP contribution in [0, 0.1) is 5.82 Å². The van der Waals surface area contributed by atoms with Gasteiger partial charge in [-0.25, -0.2) is 9.37 Å². The van der Waals surface area contributed by atoms with Gasteiger partial charge in [-0.1, -0.05) is 12.1 Å². The van der Waals surface area contributed by atoms with E-state index < -0.39 is 27.7 Å². The minimum atomic E-state index is -3.82. The summed E-state index contributed by atoms with van der Waals surface area (Å²) in [6, 6.07) is 7.83. The van der Waals surface area contributed by atoms with Crippen LogP contribution in [0.4, 0.5) is 15.8 Å². The first-order valence-corrected chi connectivity index (χ1v) is 13.9. The molecule has 6 rings (SSSR count). The predicted molar refractivity (Wildman–Crippen MR) is 142 cm³/mol. The third-order valence-electron chi connectivity index (χ3n) is 7.16. The van der Waals surface area contributed by atoms with Crippen LogP contribution in [0.5, 0.6) is 5.75 Å². The summed E-state index contributed by atoms with van der Waals surface area (Å²) in [5.41, 5.74) is 1.93. The highest BCUT2D eigenvalue weighted by Gasteiger charge is 2.37. The molecule has 5 heterocycles. The number of hydrogen-bond donors (Lipinski definition) is 3. The zero-order valence-corrected chi connectivity index (χ0v) is 22.0. The van der Waals surface area contributed by atoms with Gasteiger partial charge in [0, 0.05) is 57.7 Å². The number of anilines is 2. The van der Waals surface area contributed by atoms with Crippen LogP contribution in [-0.4, -0.2) is 73.7 Å². The maximum Gasteiger partial charge on any atom is 0.304 e. The third-order valence-corrected chi connectivity index (χ3v) is 9.07. The molecule has 12 nitrogen and oxygen atoms in total. The SMILES string of the molecule is CN1CCN(c2cc(N3CCOCC3)cn3c(=O)c(O)c(C4NC=C(Cc5ccc(F)cc5)N4)nc23)S1(=O)=O. The van der Waals surface area contributed by atoms with Crippen molar-refractivity contribution in [1.82, 2.24) is 24.3 Å². The topological polar surface area (TPSA) is 132 Å². The molecule has 0 spiro atoms. The normalized spacial score (nSPS) is 21.2. The van der Waals surface area contributed by atoms with Crippen molar-refractivity contribution in [2.24, 2.45) is 0 Å². The van der Waals surface area contributed by atoms with E-state index >= 15 is 0 Å². The van der Waals surface area contributed by atoms with E-state index in [-0.39, 0.29) is 35.9 Å². The summed E-state index contributed by atoms with van der Waals surface area (Å²) in [5, 5.41) is 17.2. The van der Waals surface area contributed by atoms with Crippen molar-refractivity contribution in [3.8, 4) is 5.75 Å². The average molecular weight is 558 g/mol. The van der Waals surface area contributed by atoms with Gasteiger partial charge in [0.2, 0.25) is 5.75 Å². The van der Waals surface area contributed by atoms with Crippen molar-refractivity contribution < 1.29 is 22.7 Å². The van der Waals surface area contributed by atoms with Gasteiger partial charge in [0.1, 0.15) is 17.7 Å². The van der Waals surface area contributed by atoms with Gasteiger partial charge in [0.25, 0.3) is 0 Å². The predicted octanol–water partition coefficient (Wildman–Crippen LogP) is 0.648. The molecule has 3 aliphatic rings. The first-order valence-electron chi connectivity index (χ1n) is 12.5. The number of benzene rings is 1. The smallest absolute Gasteiger partial charge is 0.304 e. The molecule has 206 valence electrons. The van der Waals surface area contributed by atoms with Crippen molar-refractivity contribution in [1.29, 1.82) is 0 Å². The van der Waals surface area contributed by atoms with E-state index in [4.69, 9.17) is 4.74 Å². The molecular formula is C25H28FN7O5S. The van der Waals surface area contributed by atoms with E-state index in [0.29, 0.717) is 38.4 Å². The Balaban J connectivity index is 1.41. The molecule has 2 fully saturated rings. The summed E-state index contributed by atoms with van der Waals surface area (Å²) in [5.74, 6) is -0.881. The maximum absolute atomic E-state index is 13.5. The number of aromatic nitrogens is 2. The second-order valence-electron chi connectivity index (χ2n) is 9.65. The second-order valence-corrected chi connectivity index (χ2v) is 11.6. The minimum Gasteiger partial charge on any atom is -0.502 e. The fourth-order valence-electron chi connectivity index (χ4n) is 4.99. The van der Waals surface area contributed by atoms with Gasteiger partial charge in [0.05, 0.1) is 24.6 Å². The molecule has 39 heavy (non-hydrogen) atoms. The van der Waals surface area contributed by atoms with Crippen LogP contribution in [0.2, 0.25) is 0 Å². The maximum atomic E-state index is 13.5. The highest BCUT2D eigenvalue weighted by atomic mass is 32.2. The molecule has 1 unspecified atom stereocenters. The van der Waals surface area contributed by atoms with Gasteiger partial charge in [-0.3, -0.25) is 13.5 Å². The average Bonchev–Trinajstić information content (AvgIpc) is 3.50.